The Morgan fingerprint density at radius 3 is 2.78 bits per heavy atom. The third-order valence-corrected chi connectivity index (χ3v) is 4.90. The standard InChI is InChI=1S/C23H32N6O2.HI/c1-18-10-11-19(20(16-18)31-15-7-14-30-3)17-26-23(24-2)25-12-6-9-22-28-27-21-8-4-5-13-29(21)22;/h4-5,8,10-11,13,16H,6-7,9,12,14-15,17H2,1-3H3,(H2,24,25,26);1H. The van der Waals surface area contributed by atoms with E-state index in [0.717, 1.165) is 54.6 Å². The van der Waals surface area contributed by atoms with Crippen molar-refractivity contribution in [2.75, 3.05) is 33.9 Å². The number of nitrogens with zero attached hydrogens (tertiary/aromatic N) is 4. The smallest absolute Gasteiger partial charge is 0.191 e. The minimum Gasteiger partial charge on any atom is -0.493 e. The van der Waals surface area contributed by atoms with E-state index in [1.54, 1.807) is 14.2 Å². The molecule has 0 amide bonds. The zero-order valence-corrected chi connectivity index (χ0v) is 21.3. The Hall–Kier alpha value is -2.40. The number of aliphatic imine (C=N–C) groups is 1. The van der Waals surface area contributed by atoms with E-state index in [0.29, 0.717) is 19.8 Å². The monoisotopic (exact) mass is 552 g/mol. The molecule has 3 rings (SSSR count). The lowest BCUT2D eigenvalue weighted by Gasteiger charge is -2.15. The van der Waals surface area contributed by atoms with Crippen LogP contribution in [-0.4, -0.2) is 54.5 Å². The summed E-state index contributed by atoms with van der Waals surface area (Å²) in [7, 11) is 3.48. The number of pyridine rings is 1. The van der Waals surface area contributed by atoms with Crippen LogP contribution >= 0.6 is 24.0 Å². The van der Waals surface area contributed by atoms with Crippen molar-refractivity contribution in [2.45, 2.75) is 32.7 Å². The maximum atomic E-state index is 5.97. The molecule has 8 nitrogen and oxygen atoms in total. The molecule has 0 aliphatic heterocycles. The van der Waals surface area contributed by atoms with Crippen molar-refractivity contribution < 1.29 is 9.47 Å². The summed E-state index contributed by atoms with van der Waals surface area (Å²) < 4.78 is 13.1. The molecule has 0 aliphatic rings. The number of rotatable bonds is 11. The third kappa shape index (κ3) is 7.63. The van der Waals surface area contributed by atoms with Crippen LogP contribution in [0.3, 0.4) is 0 Å². The van der Waals surface area contributed by atoms with E-state index in [1.807, 2.05) is 28.8 Å². The van der Waals surface area contributed by atoms with Gasteiger partial charge in [0.25, 0.3) is 0 Å². The fraction of sp³-hybridized carbons (Fsp3) is 0.435. The minimum absolute atomic E-state index is 0. The van der Waals surface area contributed by atoms with Crippen LogP contribution in [0.25, 0.3) is 5.65 Å². The first-order chi connectivity index (χ1) is 15.2. The van der Waals surface area contributed by atoms with Gasteiger partial charge in [-0.15, -0.1) is 34.2 Å². The third-order valence-electron chi connectivity index (χ3n) is 4.90. The second-order valence-corrected chi connectivity index (χ2v) is 7.31. The fourth-order valence-corrected chi connectivity index (χ4v) is 3.24. The highest BCUT2D eigenvalue weighted by Crippen LogP contribution is 2.20. The summed E-state index contributed by atoms with van der Waals surface area (Å²) in [6.07, 6.45) is 4.62. The van der Waals surface area contributed by atoms with Gasteiger partial charge in [0.1, 0.15) is 11.6 Å². The molecule has 0 spiro atoms. The zero-order chi connectivity index (χ0) is 21.9. The Bertz CT molecular complexity index is 992. The van der Waals surface area contributed by atoms with Crippen LogP contribution in [0, 0.1) is 6.92 Å². The number of nitrogens with one attached hydrogen (secondary N) is 2. The van der Waals surface area contributed by atoms with Crippen LogP contribution < -0.4 is 15.4 Å². The molecule has 2 N–H and O–H groups in total. The predicted octanol–water partition coefficient (Wildman–Crippen LogP) is 3.37. The average Bonchev–Trinajstić information content (AvgIpc) is 3.20. The van der Waals surface area contributed by atoms with Crippen molar-refractivity contribution in [3.63, 3.8) is 0 Å². The van der Waals surface area contributed by atoms with E-state index >= 15 is 0 Å². The van der Waals surface area contributed by atoms with E-state index in [9.17, 15) is 0 Å². The van der Waals surface area contributed by atoms with Crippen LogP contribution in [0.1, 0.15) is 29.8 Å². The maximum Gasteiger partial charge on any atom is 0.191 e. The fourth-order valence-electron chi connectivity index (χ4n) is 3.24. The largest absolute Gasteiger partial charge is 0.493 e. The number of methoxy groups -OCH3 is 1. The van der Waals surface area contributed by atoms with Crippen molar-refractivity contribution >= 4 is 35.6 Å². The van der Waals surface area contributed by atoms with Crippen molar-refractivity contribution in [1.82, 2.24) is 25.2 Å². The summed E-state index contributed by atoms with van der Waals surface area (Å²) in [4.78, 5) is 4.33. The highest BCUT2D eigenvalue weighted by Gasteiger charge is 2.07. The van der Waals surface area contributed by atoms with Crippen LogP contribution in [-0.2, 0) is 17.7 Å². The maximum absolute atomic E-state index is 5.97. The first-order valence-corrected chi connectivity index (χ1v) is 10.7. The summed E-state index contributed by atoms with van der Waals surface area (Å²) in [5.74, 6) is 2.63. The highest BCUT2D eigenvalue weighted by atomic mass is 127. The molecule has 0 saturated carbocycles. The number of fused-ring (bicyclic) bond motifs is 1. The van der Waals surface area contributed by atoms with Crippen molar-refractivity contribution in [3.8, 4) is 5.75 Å². The van der Waals surface area contributed by atoms with Crippen LogP contribution in [0.5, 0.6) is 5.75 Å². The van der Waals surface area contributed by atoms with Crippen LogP contribution in [0.2, 0.25) is 0 Å². The molecule has 0 atom stereocenters. The molecule has 2 aromatic heterocycles. The first kappa shape index (κ1) is 25.9. The molecule has 0 bridgehead atoms. The Balaban J connectivity index is 0.00000363. The molecule has 0 saturated heterocycles. The van der Waals surface area contributed by atoms with Gasteiger partial charge in [-0.05, 0) is 37.1 Å². The lowest BCUT2D eigenvalue weighted by Crippen LogP contribution is -2.37. The van der Waals surface area contributed by atoms with Crippen molar-refractivity contribution in [2.24, 2.45) is 4.99 Å². The molecular weight excluding hydrogens is 519 g/mol. The highest BCUT2D eigenvalue weighted by molar-refractivity contribution is 14.0. The zero-order valence-electron chi connectivity index (χ0n) is 19.0. The Morgan fingerprint density at radius 1 is 1.09 bits per heavy atom. The lowest BCUT2D eigenvalue weighted by atomic mass is 10.1. The van der Waals surface area contributed by atoms with Crippen LogP contribution in [0.4, 0.5) is 0 Å². The lowest BCUT2D eigenvalue weighted by molar-refractivity contribution is 0.171. The molecular formula is C23H33IN6O2. The first-order valence-electron chi connectivity index (χ1n) is 10.7. The van der Waals surface area contributed by atoms with E-state index in [1.165, 1.54) is 5.56 Å². The molecule has 0 aliphatic carbocycles. The van der Waals surface area contributed by atoms with Gasteiger partial charge < -0.3 is 20.1 Å². The Kier molecular flexibility index (Phi) is 11.2. The summed E-state index contributed by atoms with van der Waals surface area (Å²) in [5, 5.41) is 15.2. The van der Waals surface area contributed by atoms with E-state index in [4.69, 9.17) is 9.47 Å². The topological polar surface area (TPSA) is 85.1 Å². The molecule has 2 heterocycles. The van der Waals surface area contributed by atoms with Gasteiger partial charge in [0.2, 0.25) is 0 Å². The molecule has 3 aromatic rings. The molecule has 0 radical (unpaired) electrons. The number of aromatic nitrogens is 3. The van der Waals surface area contributed by atoms with Gasteiger partial charge in [-0.3, -0.25) is 9.39 Å². The number of hydrogen-bond acceptors (Lipinski definition) is 5. The number of ether oxygens (including phenoxy) is 2. The molecule has 174 valence electrons. The van der Waals surface area contributed by atoms with Gasteiger partial charge in [-0.2, -0.15) is 0 Å². The van der Waals surface area contributed by atoms with E-state index in [-0.39, 0.29) is 24.0 Å². The summed E-state index contributed by atoms with van der Waals surface area (Å²) in [6.45, 7) is 4.82. The summed E-state index contributed by atoms with van der Waals surface area (Å²) in [5.41, 5.74) is 3.15. The number of guanidine groups is 1. The molecule has 1 aromatic carbocycles. The summed E-state index contributed by atoms with van der Waals surface area (Å²) >= 11 is 0. The van der Waals surface area contributed by atoms with Crippen molar-refractivity contribution in [1.29, 1.82) is 0 Å². The second-order valence-electron chi connectivity index (χ2n) is 7.31. The minimum atomic E-state index is 0. The number of benzene rings is 1. The Labute approximate surface area is 206 Å². The van der Waals surface area contributed by atoms with Gasteiger partial charge in [0, 0.05) is 58.5 Å². The summed E-state index contributed by atoms with van der Waals surface area (Å²) in [6, 6.07) is 12.2. The van der Waals surface area contributed by atoms with Crippen molar-refractivity contribution in [3.05, 3.63) is 59.5 Å². The average molecular weight is 552 g/mol. The molecule has 0 unspecified atom stereocenters. The van der Waals surface area contributed by atoms with Gasteiger partial charge in [-0.25, -0.2) is 0 Å². The number of halogens is 1. The van der Waals surface area contributed by atoms with Gasteiger partial charge >= 0.3 is 0 Å². The van der Waals surface area contributed by atoms with E-state index in [2.05, 4.69) is 50.9 Å². The van der Waals surface area contributed by atoms with Gasteiger partial charge in [-0.1, -0.05) is 18.2 Å². The molecule has 9 heteroatoms. The molecule has 0 fully saturated rings. The molecule has 32 heavy (non-hydrogen) atoms. The van der Waals surface area contributed by atoms with Crippen LogP contribution in [0.15, 0.2) is 47.6 Å². The van der Waals surface area contributed by atoms with Gasteiger partial charge in [0.05, 0.1) is 6.61 Å². The van der Waals surface area contributed by atoms with E-state index < -0.39 is 0 Å². The second kappa shape index (κ2) is 13.9. The Morgan fingerprint density at radius 2 is 1.97 bits per heavy atom. The SMILES string of the molecule is CN=C(NCCCc1nnc2ccccn12)NCc1ccc(C)cc1OCCCOC.I. The van der Waals surface area contributed by atoms with Gasteiger partial charge in [0.15, 0.2) is 11.6 Å². The normalized spacial score (nSPS) is 11.3. The number of aryl methyl sites for hydroxylation is 2. The quantitative estimate of drug-likeness (QED) is 0.164. The predicted molar refractivity (Wildman–Crippen MR) is 138 cm³/mol. The number of hydrogen-bond donors (Lipinski definition) is 2.